The molecule has 0 saturated carbocycles. The van der Waals surface area contributed by atoms with E-state index in [2.05, 4.69) is 41.3 Å². The first-order valence-corrected chi connectivity index (χ1v) is 14.1. The summed E-state index contributed by atoms with van der Waals surface area (Å²) in [5.74, 6) is 2.58. The predicted octanol–water partition coefficient (Wildman–Crippen LogP) is 6.67. The Morgan fingerprint density at radius 3 is 2.59 bits per heavy atom. The second-order valence-corrected chi connectivity index (χ2v) is 10.4. The van der Waals surface area contributed by atoms with E-state index < -0.39 is 0 Å². The molecule has 0 bridgehead atoms. The Bertz CT molecular complexity index is 1140. The zero-order chi connectivity index (χ0) is 26.9. The number of amides is 1. The molecule has 1 aromatic carbocycles. The minimum absolute atomic E-state index is 0.00352. The van der Waals surface area contributed by atoms with E-state index >= 15 is 0 Å². The third kappa shape index (κ3) is 7.01. The highest BCUT2D eigenvalue weighted by molar-refractivity contribution is 7.10. The van der Waals surface area contributed by atoms with Crippen molar-refractivity contribution in [2.45, 2.75) is 53.1 Å². The molecule has 7 nitrogen and oxygen atoms in total. The van der Waals surface area contributed by atoms with E-state index in [1.165, 1.54) is 11.3 Å². The molecule has 0 radical (unpaired) electrons. The van der Waals surface area contributed by atoms with Gasteiger partial charge in [-0.1, -0.05) is 46.2 Å². The molecule has 0 N–H and O–H groups in total. The molecule has 2 aromatic heterocycles. The van der Waals surface area contributed by atoms with Crippen molar-refractivity contribution in [2.75, 3.05) is 48.9 Å². The van der Waals surface area contributed by atoms with E-state index in [0.29, 0.717) is 36.3 Å². The summed E-state index contributed by atoms with van der Waals surface area (Å²) in [6.07, 6.45) is 4.88. The largest absolute Gasteiger partial charge is 0.485 e. The Morgan fingerprint density at radius 2 is 1.92 bits per heavy atom. The summed E-state index contributed by atoms with van der Waals surface area (Å²) in [6.45, 7) is 9.74. The zero-order valence-electron chi connectivity index (χ0n) is 23.3. The summed E-state index contributed by atoms with van der Waals surface area (Å²) >= 11 is 1.73. The summed E-state index contributed by atoms with van der Waals surface area (Å²) in [4.78, 5) is 29.5. The van der Waals surface area contributed by atoms with E-state index in [1.54, 1.807) is 22.4 Å². The molecule has 4 rings (SSSR count). The number of aromatic nitrogens is 2. The molecule has 2 atom stereocenters. The van der Waals surface area contributed by atoms with Gasteiger partial charge in [0, 0.05) is 57.1 Å². The van der Waals surface area contributed by atoms with Crippen molar-refractivity contribution in [3.05, 3.63) is 58.4 Å². The van der Waals surface area contributed by atoms with Crippen LogP contribution in [0.4, 0.5) is 17.5 Å². The number of benzene rings is 1. The first-order chi connectivity index (χ1) is 17.9. The zero-order valence-corrected chi connectivity index (χ0v) is 24.1. The van der Waals surface area contributed by atoms with Gasteiger partial charge in [0.2, 0.25) is 5.95 Å². The molecule has 200 valence electrons. The molecule has 2 unspecified atom stereocenters. The second-order valence-electron chi connectivity index (χ2n) is 9.39. The van der Waals surface area contributed by atoms with Crippen LogP contribution in [-0.2, 0) is 0 Å². The van der Waals surface area contributed by atoms with E-state index in [9.17, 15) is 4.79 Å². The maximum Gasteiger partial charge on any atom is 0.263 e. The number of rotatable bonds is 9. The van der Waals surface area contributed by atoms with Crippen LogP contribution in [0.1, 0.15) is 68.3 Å². The normalized spacial score (nSPS) is 14.7. The van der Waals surface area contributed by atoms with Gasteiger partial charge in [0.05, 0.1) is 0 Å². The molecule has 0 fully saturated rings. The number of nitrogens with zero attached hydrogens (tertiary/aromatic N) is 5. The van der Waals surface area contributed by atoms with Crippen molar-refractivity contribution < 1.29 is 9.53 Å². The third-order valence-electron chi connectivity index (χ3n) is 6.54. The van der Waals surface area contributed by atoms with Crippen molar-refractivity contribution in [1.29, 1.82) is 0 Å². The minimum Gasteiger partial charge on any atom is -0.485 e. The highest BCUT2D eigenvalue weighted by Gasteiger charge is 2.28. The van der Waals surface area contributed by atoms with Crippen LogP contribution in [0.15, 0.2) is 48.0 Å². The Kier molecular flexibility index (Phi) is 10.3. The topological polar surface area (TPSA) is 61.8 Å². The van der Waals surface area contributed by atoms with Crippen LogP contribution in [0.2, 0.25) is 0 Å². The molecular weight excluding hydrogens is 482 g/mol. The minimum atomic E-state index is -0.0987. The molecule has 0 saturated heterocycles. The van der Waals surface area contributed by atoms with Gasteiger partial charge in [0.1, 0.15) is 23.2 Å². The first-order valence-electron chi connectivity index (χ1n) is 13.2. The molecule has 1 aliphatic rings. The van der Waals surface area contributed by atoms with Gasteiger partial charge in [-0.15, -0.1) is 11.3 Å². The number of carbonyl (C=O) groups excluding carboxylic acids is 1. The average Bonchev–Trinajstić information content (AvgIpc) is 3.43. The summed E-state index contributed by atoms with van der Waals surface area (Å²) in [5, 5.41) is 2.10. The Balaban J connectivity index is 0.00000186. The number of ether oxygens (including phenoxy) is 1. The van der Waals surface area contributed by atoms with E-state index in [-0.39, 0.29) is 12.0 Å². The standard InChI is InChI=1S/C27H35N5O2S.C2H6/c1-6-19(2)12-13-23(24-11-8-16-35-24)34-21-10-7-9-20(17-21)32-15-14-31(5)25-22(26(32)33)18-28-27(29-25)30(3)4;1-2/h7-11,16-19,23H,6,12-15H2,1-5H3;1-2H3. The molecule has 1 amide bonds. The van der Waals surface area contributed by atoms with Crippen LogP contribution in [0.3, 0.4) is 0 Å². The fourth-order valence-corrected chi connectivity index (χ4v) is 4.92. The average molecular weight is 524 g/mol. The Morgan fingerprint density at radius 1 is 1.14 bits per heavy atom. The van der Waals surface area contributed by atoms with Gasteiger partial charge in [-0.2, -0.15) is 4.98 Å². The lowest BCUT2D eigenvalue weighted by Gasteiger charge is -2.23. The van der Waals surface area contributed by atoms with Crippen molar-refractivity contribution in [3.63, 3.8) is 0 Å². The van der Waals surface area contributed by atoms with Gasteiger partial charge in [-0.25, -0.2) is 4.98 Å². The summed E-state index contributed by atoms with van der Waals surface area (Å²) in [7, 11) is 5.75. The monoisotopic (exact) mass is 523 g/mol. The number of hydrogen-bond acceptors (Lipinski definition) is 7. The maximum absolute atomic E-state index is 13.6. The Hall–Kier alpha value is -3.13. The van der Waals surface area contributed by atoms with Crippen molar-refractivity contribution >= 4 is 34.7 Å². The smallest absolute Gasteiger partial charge is 0.263 e. The maximum atomic E-state index is 13.6. The van der Waals surface area contributed by atoms with Crippen molar-refractivity contribution in [2.24, 2.45) is 5.92 Å². The second kappa shape index (κ2) is 13.4. The van der Waals surface area contributed by atoms with Crippen molar-refractivity contribution in [1.82, 2.24) is 9.97 Å². The highest BCUT2D eigenvalue weighted by Crippen LogP contribution is 2.33. The number of likely N-dealkylation sites (N-methyl/N-ethyl adjacent to an activating group) is 1. The van der Waals surface area contributed by atoms with Gasteiger partial charge >= 0.3 is 0 Å². The predicted molar refractivity (Wildman–Crippen MR) is 155 cm³/mol. The molecule has 1 aliphatic heterocycles. The van der Waals surface area contributed by atoms with Crippen LogP contribution in [0.25, 0.3) is 0 Å². The van der Waals surface area contributed by atoms with Gasteiger partial charge in [-0.05, 0) is 42.3 Å². The summed E-state index contributed by atoms with van der Waals surface area (Å²) in [6, 6.07) is 12.1. The molecule has 3 aromatic rings. The molecule has 0 aliphatic carbocycles. The van der Waals surface area contributed by atoms with Crippen LogP contribution < -0.4 is 19.4 Å². The number of hydrogen-bond donors (Lipinski definition) is 0. The van der Waals surface area contributed by atoms with E-state index in [4.69, 9.17) is 4.74 Å². The van der Waals surface area contributed by atoms with Crippen molar-refractivity contribution in [3.8, 4) is 5.75 Å². The molecule has 8 heteroatoms. The van der Waals surface area contributed by atoms with Gasteiger partial charge in [0.25, 0.3) is 5.91 Å². The van der Waals surface area contributed by atoms with Crippen LogP contribution in [0.5, 0.6) is 5.75 Å². The summed E-state index contributed by atoms with van der Waals surface area (Å²) in [5.41, 5.74) is 1.32. The molecule has 37 heavy (non-hydrogen) atoms. The number of anilines is 3. The van der Waals surface area contributed by atoms with Gasteiger partial charge in [-0.3, -0.25) is 4.79 Å². The Labute approximate surface area is 226 Å². The molecular formula is C29H41N5O2S. The van der Waals surface area contributed by atoms with E-state index in [1.807, 2.05) is 69.1 Å². The summed E-state index contributed by atoms with van der Waals surface area (Å²) < 4.78 is 6.52. The number of carbonyl (C=O) groups is 1. The fourth-order valence-electron chi connectivity index (χ4n) is 4.13. The third-order valence-corrected chi connectivity index (χ3v) is 7.50. The van der Waals surface area contributed by atoms with Crippen LogP contribution in [0, 0.1) is 5.92 Å². The fraction of sp³-hybridized carbons (Fsp3) is 0.483. The van der Waals surface area contributed by atoms with Gasteiger partial charge < -0.3 is 19.4 Å². The quantitative estimate of drug-likeness (QED) is 0.312. The lowest BCUT2D eigenvalue weighted by Crippen LogP contribution is -2.33. The SMILES string of the molecule is CC.CCC(C)CCC(Oc1cccc(N2CCN(C)c3nc(N(C)C)ncc3C2=O)c1)c1cccs1. The number of fused-ring (bicyclic) bond motifs is 1. The van der Waals surface area contributed by atoms with E-state index in [0.717, 1.165) is 24.3 Å². The highest BCUT2D eigenvalue weighted by atomic mass is 32.1. The van der Waals surface area contributed by atoms with Gasteiger partial charge in [0.15, 0.2) is 0 Å². The van der Waals surface area contributed by atoms with Crippen LogP contribution >= 0.6 is 11.3 Å². The lowest BCUT2D eigenvalue weighted by molar-refractivity contribution is 0.0989. The molecule has 0 spiro atoms. The number of thiophene rings is 1. The molecule has 3 heterocycles. The lowest BCUT2D eigenvalue weighted by atomic mass is 10.00. The van der Waals surface area contributed by atoms with Crippen LogP contribution in [-0.4, -0.2) is 50.1 Å². The first kappa shape index (κ1) is 28.4.